The molecule has 0 spiro atoms. The van der Waals surface area contributed by atoms with E-state index in [0.717, 1.165) is 51.4 Å². The van der Waals surface area contributed by atoms with Crippen molar-refractivity contribution in [2.75, 3.05) is 53.9 Å². The first-order valence-corrected chi connectivity index (χ1v) is 7.43. The second-order valence-corrected chi connectivity index (χ2v) is 5.69. The number of piperazine rings is 1. The zero-order valence-corrected chi connectivity index (χ0v) is 13.0. The summed E-state index contributed by atoms with van der Waals surface area (Å²) in [4.78, 5) is 4.70. The highest BCUT2D eigenvalue weighted by Gasteiger charge is 2.13. The van der Waals surface area contributed by atoms with E-state index in [4.69, 9.17) is 4.74 Å². The first-order valence-electron chi connectivity index (χ1n) is 7.43. The number of hydrogen-bond acceptors (Lipinski definition) is 4. The van der Waals surface area contributed by atoms with Crippen LogP contribution in [0.2, 0.25) is 0 Å². The molecule has 112 valence electrons. The smallest absolute Gasteiger partial charge is 0.126 e. The summed E-state index contributed by atoms with van der Waals surface area (Å²) in [7, 11) is 5.96. The van der Waals surface area contributed by atoms with Gasteiger partial charge in [0.1, 0.15) is 5.75 Å². The van der Waals surface area contributed by atoms with Crippen molar-refractivity contribution < 1.29 is 4.74 Å². The van der Waals surface area contributed by atoms with E-state index < -0.39 is 0 Å². The second kappa shape index (κ2) is 7.62. The van der Waals surface area contributed by atoms with E-state index in [1.807, 2.05) is 0 Å². The minimum Gasteiger partial charge on any atom is -0.496 e. The van der Waals surface area contributed by atoms with E-state index in [9.17, 15) is 0 Å². The Labute approximate surface area is 122 Å². The highest BCUT2D eigenvalue weighted by atomic mass is 16.5. The minimum atomic E-state index is 0.921. The molecule has 0 unspecified atom stereocenters. The largest absolute Gasteiger partial charge is 0.496 e. The van der Waals surface area contributed by atoms with Gasteiger partial charge in [0.25, 0.3) is 0 Å². The molecule has 1 aromatic rings. The molecule has 0 aromatic heterocycles. The molecule has 0 radical (unpaired) electrons. The number of nitrogens with one attached hydrogen (secondary N) is 1. The van der Waals surface area contributed by atoms with E-state index in [0.29, 0.717) is 0 Å². The van der Waals surface area contributed by atoms with Crippen LogP contribution in [-0.2, 0) is 13.0 Å². The van der Waals surface area contributed by atoms with Crippen LogP contribution in [0.4, 0.5) is 0 Å². The Balaban J connectivity index is 2.02. The minimum absolute atomic E-state index is 0.921. The SMILES string of the molecule is COc1c(CCN2CCNCC2)cccc1CN(C)C. The fraction of sp³-hybridized carbons (Fsp3) is 0.625. The van der Waals surface area contributed by atoms with E-state index in [2.05, 4.69) is 47.4 Å². The van der Waals surface area contributed by atoms with Gasteiger partial charge in [0, 0.05) is 44.8 Å². The third-order valence-electron chi connectivity index (χ3n) is 3.78. The number of ether oxygens (including phenoxy) is 1. The van der Waals surface area contributed by atoms with Gasteiger partial charge >= 0.3 is 0 Å². The van der Waals surface area contributed by atoms with Crippen molar-refractivity contribution in [2.24, 2.45) is 0 Å². The molecule has 1 aromatic carbocycles. The molecule has 1 heterocycles. The zero-order chi connectivity index (χ0) is 14.4. The normalized spacial score (nSPS) is 16.6. The number of hydrogen-bond donors (Lipinski definition) is 1. The first-order chi connectivity index (χ1) is 9.70. The third-order valence-corrected chi connectivity index (χ3v) is 3.78. The predicted octanol–water partition coefficient (Wildman–Crippen LogP) is 1.20. The van der Waals surface area contributed by atoms with Gasteiger partial charge in [0.2, 0.25) is 0 Å². The van der Waals surface area contributed by atoms with Crippen LogP contribution in [0.25, 0.3) is 0 Å². The summed E-state index contributed by atoms with van der Waals surface area (Å²) in [5, 5.41) is 3.39. The Bertz CT molecular complexity index is 414. The molecule has 0 bridgehead atoms. The molecule has 1 N–H and O–H groups in total. The fourth-order valence-electron chi connectivity index (χ4n) is 2.78. The van der Waals surface area contributed by atoms with E-state index in [1.54, 1.807) is 7.11 Å². The molecule has 0 amide bonds. The van der Waals surface area contributed by atoms with Crippen molar-refractivity contribution in [3.8, 4) is 5.75 Å². The van der Waals surface area contributed by atoms with Gasteiger partial charge in [-0.1, -0.05) is 18.2 Å². The summed E-state index contributed by atoms with van der Waals surface area (Å²) in [6.07, 6.45) is 1.06. The maximum atomic E-state index is 5.66. The van der Waals surface area contributed by atoms with Crippen LogP contribution in [-0.4, -0.2) is 63.7 Å². The van der Waals surface area contributed by atoms with Crippen LogP contribution in [0.1, 0.15) is 11.1 Å². The van der Waals surface area contributed by atoms with Gasteiger partial charge in [0.15, 0.2) is 0 Å². The Morgan fingerprint density at radius 2 is 1.90 bits per heavy atom. The first kappa shape index (κ1) is 15.3. The lowest BCUT2D eigenvalue weighted by molar-refractivity contribution is 0.243. The van der Waals surface area contributed by atoms with Crippen molar-refractivity contribution in [3.05, 3.63) is 29.3 Å². The molecule has 4 nitrogen and oxygen atoms in total. The van der Waals surface area contributed by atoms with Gasteiger partial charge in [-0.15, -0.1) is 0 Å². The average molecular weight is 277 g/mol. The Morgan fingerprint density at radius 3 is 2.55 bits per heavy atom. The predicted molar refractivity (Wildman–Crippen MR) is 83.4 cm³/mol. The number of rotatable bonds is 6. The molecule has 0 aliphatic carbocycles. The summed E-state index contributed by atoms with van der Waals surface area (Å²) in [5.41, 5.74) is 2.60. The Kier molecular flexibility index (Phi) is 5.83. The molecule has 4 heteroatoms. The second-order valence-electron chi connectivity index (χ2n) is 5.69. The van der Waals surface area contributed by atoms with Crippen LogP contribution in [0.5, 0.6) is 5.75 Å². The highest BCUT2D eigenvalue weighted by Crippen LogP contribution is 2.25. The summed E-state index contributed by atoms with van der Waals surface area (Å²) in [6, 6.07) is 6.50. The number of para-hydroxylation sites is 1. The van der Waals surface area contributed by atoms with Crippen LogP contribution in [0.3, 0.4) is 0 Å². The van der Waals surface area contributed by atoms with E-state index >= 15 is 0 Å². The summed E-state index contributed by atoms with van der Waals surface area (Å²) < 4.78 is 5.66. The van der Waals surface area contributed by atoms with Crippen LogP contribution < -0.4 is 10.1 Å². The molecule has 20 heavy (non-hydrogen) atoms. The summed E-state index contributed by atoms with van der Waals surface area (Å²) in [6.45, 7) is 6.56. The van der Waals surface area contributed by atoms with Gasteiger partial charge in [-0.25, -0.2) is 0 Å². The van der Waals surface area contributed by atoms with Crippen molar-refractivity contribution in [1.82, 2.24) is 15.1 Å². The number of nitrogens with zero attached hydrogens (tertiary/aromatic N) is 2. The number of benzene rings is 1. The van der Waals surface area contributed by atoms with Gasteiger partial charge < -0.3 is 19.9 Å². The quantitative estimate of drug-likeness (QED) is 0.846. The van der Waals surface area contributed by atoms with E-state index in [1.165, 1.54) is 11.1 Å². The third kappa shape index (κ3) is 4.20. The Morgan fingerprint density at radius 1 is 1.20 bits per heavy atom. The molecular formula is C16H27N3O. The van der Waals surface area contributed by atoms with Crippen molar-refractivity contribution in [2.45, 2.75) is 13.0 Å². The molecule has 0 saturated carbocycles. The lowest BCUT2D eigenvalue weighted by atomic mass is 10.0. The van der Waals surface area contributed by atoms with Gasteiger partial charge in [-0.3, -0.25) is 0 Å². The highest BCUT2D eigenvalue weighted by molar-refractivity contribution is 5.41. The zero-order valence-electron chi connectivity index (χ0n) is 13.0. The molecule has 2 rings (SSSR count). The average Bonchev–Trinajstić information content (AvgIpc) is 2.45. The van der Waals surface area contributed by atoms with Crippen molar-refractivity contribution in [1.29, 1.82) is 0 Å². The van der Waals surface area contributed by atoms with Crippen LogP contribution in [0.15, 0.2) is 18.2 Å². The lowest BCUT2D eigenvalue weighted by Crippen LogP contribution is -2.44. The van der Waals surface area contributed by atoms with Crippen molar-refractivity contribution >= 4 is 0 Å². The summed E-state index contributed by atoms with van der Waals surface area (Å²) in [5.74, 6) is 1.07. The number of methoxy groups -OCH3 is 1. The fourth-order valence-corrected chi connectivity index (χ4v) is 2.78. The molecule has 0 atom stereocenters. The lowest BCUT2D eigenvalue weighted by Gasteiger charge is -2.27. The maximum absolute atomic E-state index is 5.66. The Hall–Kier alpha value is -1.10. The van der Waals surface area contributed by atoms with Gasteiger partial charge in [-0.05, 0) is 26.1 Å². The van der Waals surface area contributed by atoms with Crippen LogP contribution in [0, 0.1) is 0 Å². The van der Waals surface area contributed by atoms with Gasteiger partial charge in [-0.2, -0.15) is 0 Å². The van der Waals surface area contributed by atoms with E-state index in [-0.39, 0.29) is 0 Å². The summed E-state index contributed by atoms with van der Waals surface area (Å²) >= 11 is 0. The van der Waals surface area contributed by atoms with Crippen LogP contribution >= 0.6 is 0 Å². The monoisotopic (exact) mass is 277 g/mol. The molecule has 1 fully saturated rings. The molecule has 1 aliphatic heterocycles. The van der Waals surface area contributed by atoms with Crippen molar-refractivity contribution in [3.63, 3.8) is 0 Å². The molecule has 1 aliphatic rings. The molecule has 1 saturated heterocycles. The standard InChI is InChI=1S/C16H27N3O/c1-18(2)13-15-6-4-5-14(16(15)20-3)7-10-19-11-8-17-9-12-19/h4-6,17H,7-13H2,1-3H3. The maximum Gasteiger partial charge on any atom is 0.126 e. The van der Waals surface area contributed by atoms with Gasteiger partial charge in [0.05, 0.1) is 7.11 Å². The topological polar surface area (TPSA) is 27.7 Å². The molecular weight excluding hydrogens is 250 g/mol.